The highest BCUT2D eigenvalue weighted by Crippen LogP contribution is 2.26. The number of rotatable bonds is 6. The van der Waals surface area contributed by atoms with Gasteiger partial charge in [0.05, 0.1) is 24.1 Å². The molecule has 7 heteroatoms. The lowest BCUT2D eigenvalue weighted by molar-refractivity contribution is -0.121. The SMILES string of the molecule is Cc1ccc(C(NC(=O)CNC2(C)CCS(=O)(=O)C2)c2cccs2)cc1. The van der Waals surface area contributed by atoms with Crippen molar-refractivity contribution in [3.63, 3.8) is 0 Å². The third kappa shape index (κ3) is 4.72. The molecule has 5 nitrogen and oxygen atoms in total. The van der Waals surface area contributed by atoms with Crippen LogP contribution in [0.1, 0.15) is 35.4 Å². The fourth-order valence-corrected chi connectivity index (χ4v) is 6.11. The molecule has 0 radical (unpaired) electrons. The first-order valence-electron chi connectivity index (χ1n) is 8.61. The highest BCUT2D eigenvalue weighted by Gasteiger charge is 2.38. The molecule has 2 unspecified atom stereocenters. The number of hydrogen-bond donors (Lipinski definition) is 2. The monoisotopic (exact) mass is 392 g/mol. The Morgan fingerprint density at radius 1 is 1.27 bits per heavy atom. The van der Waals surface area contributed by atoms with E-state index in [0.29, 0.717) is 6.42 Å². The van der Waals surface area contributed by atoms with Crippen LogP contribution in [-0.4, -0.2) is 37.9 Å². The number of benzene rings is 1. The second-order valence-electron chi connectivity index (χ2n) is 7.18. The predicted molar refractivity (Wildman–Crippen MR) is 105 cm³/mol. The van der Waals surface area contributed by atoms with Gasteiger partial charge in [0.15, 0.2) is 9.84 Å². The van der Waals surface area contributed by atoms with E-state index in [2.05, 4.69) is 10.6 Å². The Morgan fingerprint density at radius 3 is 2.58 bits per heavy atom. The summed E-state index contributed by atoms with van der Waals surface area (Å²) in [5, 5.41) is 8.20. The molecule has 3 rings (SSSR count). The van der Waals surface area contributed by atoms with Crippen LogP contribution in [-0.2, 0) is 14.6 Å². The Balaban J connectivity index is 1.67. The second-order valence-corrected chi connectivity index (χ2v) is 10.3. The van der Waals surface area contributed by atoms with Gasteiger partial charge in [0, 0.05) is 10.4 Å². The van der Waals surface area contributed by atoms with Crippen molar-refractivity contribution in [1.82, 2.24) is 10.6 Å². The first-order chi connectivity index (χ1) is 12.3. The lowest BCUT2D eigenvalue weighted by atomic mass is 10.0. The minimum atomic E-state index is -3.00. The van der Waals surface area contributed by atoms with E-state index in [1.165, 1.54) is 5.56 Å². The van der Waals surface area contributed by atoms with Gasteiger partial charge < -0.3 is 10.6 Å². The molecule has 0 saturated carbocycles. The van der Waals surface area contributed by atoms with Crippen molar-refractivity contribution < 1.29 is 13.2 Å². The topological polar surface area (TPSA) is 75.3 Å². The summed E-state index contributed by atoms with van der Waals surface area (Å²) in [4.78, 5) is 13.6. The normalized spacial score (nSPS) is 22.8. The Morgan fingerprint density at radius 2 is 2.00 bits per heavy atom. The van der Waals surface area contributed by atoms with Crippen LogP contribution in [0.4, 0.5) is 0 Å². The van der Waals surface area contributed by atoms with Crippen LogP contribution in [0.3, 0.4) is 0 Å². The molecule has 26 heavy (non-hydrogen) atoms. The molecule has 2 aromatic rings. The van der Waals surface area contributed by atoms with Crippen LogP contribution in [0.2, 0.25) is 0 Å². The Bertz CT molecular complexity index is 861. The summed E-state index contributed by atoms with van der Waals surface area (Å²) in [7, 11) is -3.00. The highest BCUT2D eigenvalue weighted by atomic mass is 32.2. The third-order valence-electron chi connectivity index (χ3n) is 4.72. The van der Waals surface area contributed by atoms with Crippen LogP contribution >= 0.6 is 11.3 Å². The van der Waals surface area contributed by atoms with Crippen molar-refractivity contribution >= 4 is 27.1 Å². The average molecular weight is 393 g/mol. The molecule has 0 spiro atoms. The van der Waals surface area contributed by atoms with Gasteiger partial charge in [0.2, 0.25) is 5.91 Å². The summed E-state index contributed by atoms with van der Waals surface area (Å²) < 4.78 is 23.4. The molecule has 140 valence electrons. The molecule has 1 aliphatic heterocycles. The Labute approximate surface area is 158 Å². The molecule has 2 atom stereocenters. The zero-order chi connectivity index (χ0) is 18.8. The van der Waals surface area contributed by atoms with Crippen molar-refractivity contribution in [2.24, 2.45) is 0 Å². The summed E-state index contributed by atoms with van der Waals surface area (Å²) in [5.41, 5.74) is 1.67. The second kappa shape index (κ2) is 7.50. The number of sulfone groups is 1. The van der Waals surface area contributed by atoms with Gasteiger partial charge in [0.1, 0.15) is 0 Å². The van der Waals surface area contributed by atoms with Gasteiger partial charge in [-0.1, -0.05) is 35.9 Å². The standard InChI is InChI=1S/C19H24N2O3S2/c1-14-5-7-15(8-6-14)18(16-4-3-10-25-16)21-17(22)12-20-19(2)9-11-26(23,24)13-19/h3-8,10,18,20H,9,11-13H2,1-2H3,(H,21,22). The molecular formula is C19H24N2O3S2. The maximum absolute atomic E-state index is 12.5. The summed E-state index contributed by atoms with van der Waals surface area (Å²) in [6, 6.07) is 11.9. The number of amides is 1. The first-order valence-corrected chi connectivity index (χ1v) is 11.3. The van der Waals surface area contributed by atoms with E-state index in [1.807, 2.05) is 55.6 Å². The largest absolute Gasteiger partial charge is 0.343 e. The molecule has 2 N–H and O–H groups in total. The number of hydrogen-bond acceptors (Lipinski definition) is 5. The lowest BCUT2D eigenvalue weighted by Crippen LogP contribution is -2.48. The lowest BCUT2D eigenvalue weighted by Gasteiger charge is -2.25. The number of aryl methyl sites for hydroxylation is 1. The molecule has 1 aliphatic rings. The molecular weight excluding hydrogens is 368 g/mol. The van der Waals surface area contributed by atoms with Gasteiger partial charge in [-0.3, -0.25) is 4.79 Å². The van der Waals surface area contributed by atoms with Crippen LogP contribution in [0.5, 0.6) is 0 Å². The number of nitrogens with one attached hydrogen (secondary N) is 2. The van der Waals surface area contributed by atoms with Crippen LogP contribution in [0, 0.1) is 6.92 Å². The van der Waals surface area contributed by atoms with E-state index in [0.717, 1.165) is 10.4 Å². The van der Waals surface area contributed by atoms with Gasteiger partial charge in [-0.2, -0.15) is 0 Å². The van der Waals surface area contributed by atoms with Gasteiger partial charge >= 0.3 is 0 Å². The highest BCUT2D eigenvalue weighted by molar-refractivity contribution is 7.91. The van der Waals surface area contributed by atoms with E-state index < -0.39 is 15.4 Å². The van der Waals surface area contributed by atoms with Crippen molar-refractivity contribution in [1.29, 1.82) is 0 Å². The van der Waals surface area contributed by atoms with E-state index in [9.17, 15) is 13.2 Å². The van der Waals surface area contributed by atoms with Gasteiger partial charge in [-0.25, -0.2) is 8.42 Å². The quantitative estimate of drug-likeness (QED) is 0.792. The van der Waals surface area contributed by atoms with Crippen LogP contribution < -0.4 is 10.6 Å². The smallest absolute Gasteiger partial charge is 0.234 e. The summed E-state index contributed by atoms with van der Waals surface area (Å²) in [6.07, 6.45) is 0.537. The first kappa shape index (κ1) is 19.1. The predicted octanol–water partition coefficient (Wildman–Crippen LogP) is 2.43. The van der Waals surface area contributed by atoms with E-state index in [-0.39, 0.29) is 30.0 Å². The third-order valence-corrected chi connectivity index (χ3v) is 7.56. The number of carbonyl (C=O) groups is 1. The van der Waals surface area contributed by atoms with Crippen LogP contribution in [0.25, 0.3) is 0 Å². The molecule has 1 aromatic carbocycles. The number of carbonyl (C=O) groups excluding carboxylic acids is 1. The van der Waals surface area contributed by atoms with Crippen LogP contribution in [0.15, 0.2) is 41.8 Å². The zero-order valence-corrected chi connectivity index (χ0v) is 16.6. The van der Waals surface area contributed by atoms with Crippen molar-refractivity contribution in [2.75, 3.05) is 18.1 Å². The average Bonchev–Trinajstić information content (AvgIpc) is 3.20. The fraction of sp³-hybridized carbons (Fsp3) is 0.421. The maximum Gasteiger partial charge on any atom is 0.234 e. The maximum atomic E-state index is 12.5. The summed E-state index contributed by atoms with van der Waals surface area (Å²) in [6.45, 7) is 3.99. The number of thiophene rings is 1. The zero-order valence-electron chi connectivity index (χ0n) is 15.0. The molecule has 1 saturated heterocycles. The van der Waals surface area contributed by atoms with Gasteiger partial charge in [0.25, 0.3) is 0 Å². The molecule has 1 amide bonds. The molecule has 0 aliphatic carbocycles. The fourth-order valence-electron chi connectivity index (χ4n) is 3.19. The van der Waals surface area contributed by atoms with Gasteiger partial charge in [-0.05, 0) is 37.3 Å². The van der Waals surface area contributed by atoms with E-state index in [1.54, 1.807) is 11.3 Å². The molecule has 2 heterocycles. The van der Waals surface area contributed by atoms with Crippen molar-refractivity contribution in [2.45, 2.75) is 31.8 Å². The van der Waals surface area contributed by atoms with Crippen molar-refractivity contribution in [3.8, 4) is 0 Å². The van der Waals surface area contributed by atoms with Crippen molar-refractivity contribution in [3.05, 3.63) is 57.8 Å². The minimum absolute atomic E-state index is 0.0829. The van der Waals surface area contributed by atoms with E-state index in [4.69, 9.17) is 0 Å². The summed E-state index contributed by atoms with van der Waals surface area (Å²) >= 11 is 1.60. The molecule has 1 fully saturated rings. The Kier molecular flexibility index (Phi) is 5.50. The Hall–Kier alpha value is -1.70. The minimum Gasteiger partial charge on any atom is -0.343 e. The molecule has 0 bridgehead atoms. The molecule has 1 aromatic heterocycles. The summed E-state index contributed by atoms with van der Waals surface area (Å²) in [5.74, 6) is 0.119. The van der Waals surface area contributed by atoms with Gasteiger partial charge in [-0.15, -0.1) is 11.3 Å². The van der Waals surface area contributed by atoms with E-state index >= 15 is 0 Å².